The Morgan fingerprint density at radius 2 is 0.769 bits per heavy atom. The van der Waals surface area contributed by atoms with E-state index < -0.39 is 14.6 Å². The topological polar surface area (TPSA) is 27.7 Å². The second-order valence-corrected chi connectivity index (χ2v) is 10.6. The van der Waals surface area contributed by atoms with Crippen LogP contribution in [0.15, 0.2) is 0 Å². The molecule has 0 amide bonds. The van der Waals surface area contributed by atoms with E-state index in [4.69, 9.17) is 13.3 Å². The van der Waals surface area contributed by atoms with Crippen molar-refractivity contribution in [3.8, 4) is 0 Å². The van der Waals surface area contributed by atoms with Crippen molar-refractivity contribution in [2.45, 2.75) is 120 Å². The number of hydrogen-bond donors (Lipinski definition) is 0. The highest BCUT2D eigenvalue weighted by Gasteiger charge is 2.69. The second kappa shape index (κ2) is 9.39. The summed E-state index contributed by atoms with van der Waals surface area (Å²) in [5.41, 5.74) is 0. The fraction of sp³-hybridized carbons (Fsp3) is 1.00. The minimum Gasteiger partial charge on any atom is -0.365 e. The standard InChI is InChI=1S/C19H33F3O3Si/c20-19(21,22)26(23-16-10-4-1-5-11-16,24-17-12-6-2-7-13-17)25-18-14-8-3-9-15-18/h16-18H,1-15H2. The normalized spacial score (nSPS) is 25.5. The Labute approximate surface area is 156 Å². The van der Waals surface area contributed by atoms with Gasteiger partial charge >= 0.3 is 14.6 Å². The largest absolute Gasteiger partial charge is 0.616 e. The zero-order valence-electron chi connectivity index (χ0n) is 15.7. The summed E-state index contributed by atoms with van der Waals surface area (Å²) < 4.78 is 60.4. The van der Waals surface area contributed by atoms with Gasteiger partial charge in [-0.25, -0.2) is 0 Å². The van der Waals surface area contributed by atoms with Crippen molar-refractivity contribution in [3.05, 3.63) is 0 Å². The van der Waals surface area contributed by atoms with Crippen LogP contribution in [0.5, 0.6) is 0 Å². The van der Waals surface area contributed by atoms with Gasteiger partial charge in [0.1, 0.15) is 0 Å². The lowest BCUT2D eigenvalue weighted by Gasteiger charge is -2.41. The molecule has 0 radical (unpaired) electrons. The molecule has 0 saturated heterocycles. The summed E-state index contributed by atoms with van der Waals surface area (Å²) in [7, 11) is -4.76. The molecule has 3 nitrogen and oxygen atoms in total. The van der Waals surface area contributed by atoms with E-state index in [1.54, 1.807) is 0 Å². The number of alkyl halides is 3. The molecule has 3 fully saturated rings. The molecule has 7 heteroatoms. The summed E-state index contributed by atoms with van der Waals surface area (Å²) in [6.45, 7) is 0. The first-order valence-corrected chi connectivity index (χ1v) is 12.3. The molecular formula is C19H33F3O3Si. The van der Waals surface area contributed by atoms with Crippen LogP contribution in [0.25, 0.3) is 0 Å². The molecule has 0 aromatic carbocycles. The number of hydrogen-bond acceptors (Lipinski definition) is 3. The first-order valence-electron chi connectivity index (χ1n) is 10.6. The van der Waals surface area contributed by atoms with Crippen LogP contribution in [0.3, 0.4) is 0 Å². The third kappa shape index (κ3) is 5.46. The average molecular weight is 395 g/mol. The summed E-state index contributed by atoms with van der Waals surface area (Å²) in [4.78, 5) is 0. The molecule has 3 saturated carbocycles. The number of halogens is 3. The zero-order valence-corrected chi connectivity index (χ0v) is 16.7. The summed E-state index contributed by atoms with van der Waals surface area (Å²) >= 11 is 0. The maximum absolute atomic E-state index is 14.3. The lowest BCUT2D eigenvalue weighted by molar-refractivity contribution is -0.163. The molecule has 0 atom stereocenters. The third-order valence-electron chi connectivity index (χ3n) is 5.97. The molecule has 0 aromatic rings. The highest BCUT2D eigenvalue weighted by molar-refractivity contribution is 6.63. The fourth-order valence-electron chi connectivity index (χ4n) is 4.49. The molecule has 0 aromatic heterocycles. The molecule has 0 N–H and O–H groups in total. The molecule has 0 heterocycles. The van der Waals surface area contributed by atoms with Crippen LogP contribution < -0.4 is 0 Å². The predicted octanol–water partition coefficient (Wildman–Crippen LogP) is 6.07. The van der Waals surface area contributed by atoms with E-state index in [1.807, 2.05) is 0 Å². The van der Waals surface area contributed by atoms with Crippen LogP contribution in [0.2, 0.25) is 0 Å². The molecule has 3 rings (SSSR count). The highest BCUT2D eigenvalue weighted by Crippen LogP contribution is 2.40. The first kappa shape index (κ1) is 20.6. The van der Waals surface area contributed by atoms with Crippen molar-refractivity contribution in [1.29, 1.82) is 0 Å². The van der Waals surface area contributed by atoms with E-state index >= 15 is 0 Å². The van der Waals surface area contributed by atoms with Gasteiger partial charge in [-0.15, -0.1) is 0 Å². The molecule has 0 spiro atoms. The average Bonchev–Trinajstić information content (AvgIpc) is 2.63. The van der Waals surface area contributed by atoms with Gasteiger partial charge in [0.25, 0.3) is 0 Å². The Balaban J connectivity index is 1.78. The third-order valence-corrected chi connectivity index (χ3v) is 8.59. The summed E-state index contributed by atoms with van der Waals surface area (Å²) in [6, 6.07) is 0. The molecule has 3 aliphatic rings. The first-order chi connectivity index (χ1) is 12.5. The van der Waals surface area contributed by atoms with Gasteiger partial charge in [-0.3, -0.25) is 0 Å². The minimum absolute atomic E-state index is 0.371. The van der Waals surface area contributed by atoms with E-state index in [2.05, 4.69) is 0 Å². The molecule has 0 aliphatic heterocycles. The Hall–Kier alpha value is -0.113. The van der Waals surface area contributed by atoms with Gasteiger partial charge < -0.3 is 13.3 Å². The predicted molar refractivity (Wildman–Crippen MR) is 95.7 cm³/mol. The molecule has 26 heavy (non-hydrogen) atoms. The van der Waals surface area contributed by atoms with Crippen LogP contribution in [0.1, 0.15) is 96.3 Å². The van der Waals surface area contributed by atoms with Crippen LogP contribution in [0, 0.1) is 0 Å². The Kier molecular flexibility index (Phi) is 7.45. The van der Waals surface area contributed by atoms with E-state index in [1.165, 1.54) is 0 Å². The molecule has 0 unspecified atom stereocenters. The Bertz CT molecular complexity index is 364. The van der Waals surface area contributed by atoms with Gasteiger partial charge in [0.2, 0.25) is 0 Å². The highest BCUT2D eigenvalue weighted by atomic mass is 28.4. The lowest BCUT2D eigenvalue weighted by atomic mass is 9.98. The van der Waals surface area contributed by atoms with Crippen molar-refractivity contribution in [2.24, 2.45) is 0 Å². The quantitative estimate of drug-likeness (QED) is 0.511. The van der Waals surface area contributed by atoms with Gasteiger partial charge in [-0.05, 0) is 38.5 Å². The van der Waals surface area contributed by atoms with Crippen molar-refractivity contribution < 1.29 is 26.4 Å². The van der Waals surface area contributed by atoms with Crippen molar-refractivity contribution in [2.75, 3.05) is 0 Å². The Morgan fingerprint density at radius 3 is 1.00 bits per heavy atom. The SMILES string of the molecule is FC(F)(F)[Si](OC1CCCCC1)(OC1CCCCC1)OC1CCCCC1. The molecule has 0 bridgehead atoms. The van der Waals surface area contributed by atoms with E-state index in [-0.39, 0.29) is 18.3 Å². The monoisotopic (exact) mass is 394 g/mol. The van der Waals surface area contributed by atoms with Gasteiger partial charge in [0.15, 0.2) is 0 Å². The second-order valence-electron chi connectivity index (χ2n) is 8.19. The molecular weight excluding hydrogens is 361 g/mol. The minimum atomic E-state index is -4.76. The van der Waals surface area contributed by atoms with Gasteiger partial charge in [0.05, 0.1) is 0 Å². The fourth-order valence-corrected chi connectivity index (χ4v) is 7.08. The van der Waals surface area contributed by atoms with Crippen LogP contribution in [-0.2, 0) is 13.3 Å². The maximum atomic E-state index is 14.3. The van der Waals surface area contributed by atoms with Gasteiger partial charge in [0, 0.05) is 18.3 Å². The van der Waals surface area contributed by atoms with Crippen LogP contribution in [-0.4, -0.2) is 32.9 Å². The maximum Gasteiger partial charge on any atom is 0.616 e. The Morgan fingerprint density at radius 1 is 0.500 bits per heavy atom. The van der Waals surface area contributed by atoms with E-state index in [0.717, 1.165) is 57.8 Å². The van der Waals surface area contributed by atoms with Gasteiger partial charge in [-0.1, -0.05) is 57.8 Å². The van der Waals surface area contributed by atoms with Gasteiger partial charge in [-0.2, -0.15) is 13.2 Å². The van der Waals surface area contributed by atoms with E-state index in [9.17, 15) is 13.2 Å². The van der Waals surface area contributed by atoms with Crippen LogP contribution >= 0.6 is 0 Å². The van der Waals surface area contributed by atoms with Crippen LogP contribution in [0.4, 0.5) is 13.2 Å². The summed E-state index contributed by atoms with van der Waals surface area (Å²) in [5, 5.41) is 0. The van der Waals surface area contributed by atoms with Crippen molar-refractivity contribution in [1.82, 2.24) is 0 Å². The molecule has 152 valence electrons. The number of rotatable bonds is 6. The van der Waals surface area contributed by atoms with E-state index in [0.29, 0.717) is 38.5 Å². The summed E-state index contributed by atoms with van der Waals surface area (Å²) in [6.07, 6.45) is 11.8. The van der Waals surface area contributed by atoms with Crippen molar-refractivity contribution >= 4 is 8.80 Å². The summed E-state index contributed by atoms with van der Waals surface area (Å²) in [5.74, 6) is -4.56. The van der Waals surface area contributed by atoms with Crippen molar-refractivity contribution in [3.63, 3.8) is 0 Å². The molecule has 3 aliphatic carbocycles. The lowest BCUT2D eigenvalue weighted by Crippen LogP contribution is -2.63. The smallest absolute Gasteiger partial charge is 0.365 e. The zero-order chi connectivity index (χ0) is 18.5.